The van der Waals surface area contributed by atoms with Crippen LogP contribution in [0, 0.1) is 11.3 Å². The highest BCUT2D eigenvalue weighted by Crippen LogP contribution is 2.51. The molecule has 0 radical (unpaired) electrons. The summed E-state index contributed by atoms with van der Waals surface area (Å²) < 4.78 is 1.58. The molecule has 2 aromatic rings. The fraction of sp³-hybridized carbons (Fsp3) is 0.639. The molecule has 6 rings (SSSR count). The lowest BCUT2D eigenvalue weighted by atomic mass is 9.65. The minimum absolute atomic E-state index is 0.0772. The maximum Gasteiger partial charge on any atom is 0.256 e. The Balaban J connectivity index is 1.25. The summed E-state index contributed by atoms with van der Waals surface area (Å²) in [5.74, 6) is 0.809. The molecule has 238 valence electrons. The number of hydrogen-bond acceptors (Lipinski definition) is 5. The monoisotopic (exact) mass is 602 g/mol. The van der Waals surface area contributed by atoms with Crippen molar-refractivity contribution in [2.24, 2.45) is 11.3 Å². The molecule has 1 aromatic heterocycles. The molecular formula is C36H50N4O4. The zero-order chi connectivity index (χ0) is 30.7. The van der Waals surface area contributed by atoms with Crippen molar-refractivity contribution in [3.05, 3.63) is 58.5 Å². The molecule has 8 heteroatoms. The van der Waals surface area contributed by atoms with E-state index < -0.39 is 11.0 Å². The Morgan fingerprint density at radius 3 is 2.30 bits per heavy atom. The number of piperidine rings is 1. The molecular weight excluding hydrogens is 552 g/mol. The van der Waals surface area contributed by atoms with Gasteiger partial charge in [0.2, 0.25) is 5.91 Å². The highest BCUT2D eigenvalue weighted by molar-refractivity contribution is 6.00. The Labute approximate surface area is 262 Å². The maximum atomic E-state index is 14.0. The lowest BCUT2D eigenvalue weighted by molar-refractivity contribution is -0.160. The van der Waals surface area contributed by atoms with Crippen molar-refractivity contribution in [3.8, 4) is 11.1 Å². The van der Waals surface area contributed by atoms with Crippen molar-refractivity contribution in [3.63, 3.8) is 0 Å². The van der Waals surface area contributed by atoms with Gasteiger partial charge in [-0.2, -0.15) is 0 Å². The van der Waals surface area contributed by atoms with E-state index in [1.54, 1.807) is 16.8 Å². The van der Waals surface area contributed by atoms with E-state index in [4.69, 9.17) is 0 Å². The van der Waals surface area contributed by atoms with E-state index in [-0.39, 0.29) is 23.9 Å². The number of aromatic nitrogens is 1. The lowest BCUT2D eigenvalue weighted by Crippen LogP contribution is -2.62. The molecule has 2 aliphatic heterocycles. The molecule has 0 bridgehead atoms. The summed E-state index contributed by atoms with van der Waals surface area (Å²) in [6.07, 6.45) is 13.8. The average Bonchev–Trinajstić information content (AvgIpc) is 3.53. The van der Waals surface area contributed by atoms with Crippen LogP contribution in [-0.4, -0.2) is 88.1 Å². The number of carbonyl (C=O) groups excluding carboxylic acids is 2. The summed E-state index contributed by atoms with van der Waals surface area (Å²) in [7, 11) is 2.06. The number of hydrogen-bond donors (Lipinski definition) is 1. The molecule has 1 aromatic carbocycles. The van der Waals surface area contributed by atoms with Gasteiger partial charge in [-0.05, 0) is 44.2 Å². The molecule has 2 saturated heterocycles. The Bertz CT molecular complexity index is 1370. The molecule has 2 amide bonds. The van der Waals surface area contributed by atoms with E-state index in [0.29, 0.717) is 56.1 Å². The molecule has 44 heavy (non-hydrogen) atoms. The Hall–Kier alpha value is -2.97. The van der Waals surface area contributed by atoms with Crippen molar-refractivity contribution in [1.82, 2.24) is 19.3 Å². The van der Waals surface area contributed by atoms with Crippen LogP contribution in [-0.2, 0) is 11.3 Å². The van der Waals surface area contributed by atoms with Gasteiger partial charge in [0, 0.05) is 68.9 Å². The van der Waals surface area contributed by atoms with E-state index in [0.717, 1.165) is 50.8 Å². The fourth-order valence-corrected chi connectivity index (χ4v) is 8.46. The molecule has 2 saturated carbocycles. The number of aliphatic hydroxyl groups is 1. The normalized spacial score (nSPS) is 24.6. The second kappa shape index (κ2) is 13.2. The SMILES string of the molecule is CN1CCN(C(=O)c2cn(CC3(O)CCN(C(=O)CCC4CCCCC4)CC34CCCC4)c(=O)cc2-c2ccccc2)CC1. The van der Waals surface area contributed by atoms with E-state index >= 15 is 0 Å². The molecule has 8 nitrogen and oxygen atoms in total. The first-order valence-electron chi connectivity index (χ1n) is 17.0. The van der Waals surface area contributed by atoms with E-state index in [1.807, 2.05) is 40.1 Å². The molecule has 1 unspecified atom stereocenters. The van der Waals surface area contributed by atoms with Crippen molar-refractivity contribution in [2.75, 3.05) is 46.3 Å². The molecule has 4 fully saturated rings. The largest absolute Gasteiger partial charge is 0.387 e. The number of benzene rings is 1. The van der Waals surface area contributed by atoms with Gasteiger partial charge in [0.05, 0.1) is 17.7 Å². The van der Waals surface area contributed by atoms with Gasteiger partial charge < -0.3 is 24.4 Å². The van der Waals surface area contributed by atoms with Crippen LogP contribution in [0.3, 0.4) is 0 Å². The number of likely N-dealkylation sites (tertiary alicyclic amines) is 1. The van der Waals surface area contributed by atoms with Crippen LogP contribution >= 0.6 is 0 Å². The maximum absolute atomic E-state index is 14.0. The number of carbonyl (C=O) groups is 2. The molecule has 1 N–H and O–H groups in total. The number of likely N-dealkylation sites (N-methyl/N-ethyl adjacent to an activating group) is 1. The van der Waals surface area contributed by atoms with Gasteiger partial charge in [0.1, 0.15) is 0 Å². The third-order valence-corrected chi connectivity index (χ3v) is 11.3. The number of rotatable bonds is 7. The third kappa shape index (κ3) is 6.38. The van der Waals surface area contributed by atoms with Gasteiger partial charge in [0.25, 0.3) is 11.5 Å². The lowest BCUT2D eigenvalue weighted by Gasteiger charge is -2.52. The predicted octanol–water partition coefficient (Wildman–Crippen LogP) is 4.79. The number of pyridine rings is 1. The van der Waals surface area contributed by atoms with Crippen LogP contribution in [0.15, 0.2) is 47.4 Å². The van der Waals surface area contributed by atoms with Crippen molar-refractivity contribution >= 4 is 11.8 Å². The highest BCUT2D eigenvalue weighted by atomic mass is 16.3. The number of amides is 2. The smallest absolute Gasteiger partial charge is 0.256 e. The molecule has 1 atom stereocenters. The van der Waals surface area contributed by atoms with Gasteiger partial charge >= 0.3 is 0 Å². The predicted molar refractivity (Wildman–Crippen MR) is 172 cm³/mol. The van der Waals surface area contributed by atoms with Crippen molar-refractivity contribution in [1.29, 1.82) is 0 Å². The van der Waals surface area contributed by atoms with E-state index in [9.17, 15) is 19.5 Å². The fourth-order valence-electron chi connectivity index (χ4n) is 8.46. The molecule has 3 heterocycles. The summed E-state index contributed by atoms with van der Waals surface area (Å²) in [4.78, 5) is 47.2. The molecule has 2 aliphatic carbocycles. The Morgan fingerprint density at radius 2 is 1.59 bits per heavy atom. The summed E-state index contributed by atoms with van der Waals surface area (Å²) in [6, 6.07) is 11.2. The summed E-state index contributed by atoms with van der Waals surface area (Å²) >= 11 is 0. The second-order valence-electron chi connectivity index (χ2n) is 14.2. The summed E-state index contributed by atoms with van der Waals surface area (Å²) in [6.45, 7) is 4.09. The van der Waals surface area contributed by atoms with Crippen LogP contribution in [0.5, 0.6) is 0 Å². The van der Waals surface area contributed by atoms with Crippen molar-refractivity contribution in [2.45, 2.75) is 89.2 Å². The van der Waals surface area contributed by atoms with Gasteiger partial charge in [-0.15, -0.1) is 0 Å². The van der Waals surface area contributed by atoms with Crippen LogP contribution in [0.1, 0.15) is 87.4 Å². The summed E-state index contributed by atoms with van der Waals surface area (Å²) in [5.41, 5.74) is 0.184. The van der Waals surface area contributed by atoms with Gasteiger partial charge in [-0.1, -0.05) is 75.3 Å². The second-order valence-corrected chi connectivity index (χ2v) is 14.2. The quantitative estimate of drug-likeness (QED) is 0.493. The van der Waals surface area contributed by atoms with Gasteiger partial charge in [0.15, 0.2) is 0 Å². The summed E-state index contributed by atoms with van der Waals surface area (Å²) in [5, 5.41) is 12.4. The van der Waals surface area contributed by atoms with Gasteiger partial charge in [-0.25, -0.2) is 0 Å². The first-order valence-corrected chi connectivity index (χ1v) is 17.0. The van der Waals surface area contributed by atoms with Crippen LogP contribution in [0.25, 0.3) is 11.1 Å². The first-order chi connectivity index (χ1) is 21.3. The zero-order valence-corrected chi connectivity index (χ0v) is 26.5. The third-order valence-electron chi connectivity index (χ3n) is 11.3. The van der Waals surface area contributed by atoms with Crippen LogP contribution in [0.4, 0.5) is 0 Å². The van der Waals surface area contributed by atoms with Crippen LogP contribution < -0.4 is 5.56 Å². The zero-order valence-electron chi connectivity index (χ0n) is 26.5. The van der Waals surface area contributed by atoms with Crippen molar-refractivity contribution < 1.29 is 14.7 Å². The molecule has 1 spiro atoms. The van der Waals surface area contributed by atoms with E-state index in [2.05, 4.69) is 11.9 Å². The Kier molecular flexibility index (Phi) is 9.29. The topological polar surface area (TPSA) is 86.1 Å². The van der Waals surface area contributed by atoms with E-state index in [1.165, 1.54) is 32.1 Å². The minimum Gasteiger partial charge on any atom is -0.387 e. The van der Waals surface area contributed by atoms with Gasteiger partial charge in [-0.3, -0.25) is 14.4 Å². The Morgan fingerprint density at radius 1 is 0.886 bits per heavy atom. The highest BCUT2D eigenvalue weighted by Gasteiger charge is 2.55. The minimum atomic E-state index is -1.13. The standard InChI is InChI=1S/C36H50N4O4/c1-37-20-22-38(23-21-37)34(43)31-25-40(33(42)24-30(31)29-12-6-3-7-13-29)27-36(44)18-19-39(26-35(36)16-8-9-17-35)32(41)15-14-28-10-4-2-5-11-28/h3,6-7,12-13,24-25,28,44H,2,4-5,8-11,14-23,26-27H2,1H3. The number of piperazine rings is 1. The molecule has 4 aliphatic rings. The number of nitrogens with zero attached hydrogens (tertiary/aromatic N) is 4. The van der Waals surface area contributed by atoms with Crippen LogP contribution in [0.2, 0.25) is 0 Å². The average molecular weight is 603 g/mol. The first kappa shape index (κ1) is 31.0.